The summed E-state index contributed by atoms with van der Waals surface area (Å²) < 4.78 is 7.47. The van der Waals surface area contributed by atoms with E-state index in [9.17, 15) is 4.79 Å². The van der Waals surface area contributed by atoms with Crippen molar-refractivity contribution in [3.63, 3.8) is 0 Å². The molecular formula is C26H30N8O2. The van der Waals surface area contributed by atoms with Crippen molar-refractivity contribution in [3.8, 4) is 33.9 Å². The first-order valence-corrected chi connectivity index (χ1v) is 12.0. The molecule has 1 aliphatic rings. The lowest BCUT2D eigenvalue weighted by atomic mass is 10.1. The lowest BCUT2D eigenvalue weighted by Crippen LogP contribution is -2.42. The lowest BCUT2D eigenvalue weighted by molar-refractivity contribution is 0.0185. The van der Waals surface area contributed by atoms with Gasteiger partial charge in [0.1, 0.15) is 11.4 Å². The van der Waals surface area contributed by atoms with Crippen molar-refractivity contribution < 1.29 is 9.53 Å². The second kappa shape index (κ2) is 9.44. The molecule has 3 N–H and O–H groups in total. The van der Waals surface area contributed by atoms with Gasteiger partial charge in [0.05, 0.1) is 17.8 Å². The maximum absolute atomic E-state index is 12.4. The Kier molecular flexibility index (Phi) is 6.17. The third kappa shape index (κ3) is 5.07. The maximum atomic E-state index is 12.4. The smallest absolute Gasteiger partial charge is 0.410 e. The largest absolute Gasteiger partial charge is 0.444 e. The molecule has 0 bridgehead atoms. The molecule has 3 aromatic heterocycles. The van der Waals surface area contributed by atoms with Crippen LogP contribution in [0.1, 0.15) is 39.7 Å². The molecule has 36 heavy (non-hydrogen) atoms. The molecule has 0 aliphatic carbocycles. The number of rotatable bonds is 4. The molecule has 186 valence electrons. The van der Waals surface area contributed by atoms with Crippen LogP contribution in [0.4, 0.5) is 10.6 Å². The summed E-state index contributed by atoms with van der Waals surface area (Å²) in [7, 11) is 0. The fraction of sp³-hybridized carbons (Fsp3) is 0.346. The summed E-state index contributed by atoms with van der Waals surface area (Å²) in [6, 6.07) is 12.0. The molecule has 0 saturated carbocycles. The van der Waals surface area contributed by atoms with Crippen molar-refractivity contribution in [2.24, 2.45) is 0 Å². The lowest BCUT2D eigenvalue weighted by Gasteiger charge is -2.33. The maximum Gasteiger partial charge on any atom is 0.410 e. The summed E-state index contributed by atoms with van der Waals surface area (Å²) in [5, 5.41) is 13.2. The molecular weight excluding hydrogens is 456 g/mol. The Morgan fingerprint density at radius 3 is 2.47 bits per heavy atom. The number of pyridine rings is 1. The van der Waals surface area contributed by atoms with Crippen LogP contribution in [0.25, 0.3) is 33.9 Å². The number of nitrogens with one attached hydrogen (secondary N) is 1. The first kappa shape index (κ1) is 23.5. The molecule has 1 fully saturated rings. The molecule has 10 nitrogen and oxygen atoms in total. The van der Waals surface area contributed by atoms with Gasteiger partial charge in [-0.1, -0.05) is 30.3 Å². The number of nitrogens with two attached hydrogens (primary N) is 1. The number of carbonyl (C=O) groups is 1. The van der Waals surface area contributed by atoms with E-state index in [1.807, 2.05) is 74.2 Å². The van der Waals surface area contributed by atoms with Crippen LogP contribution in [-0.4, -0.2) is 59.6 Å². The molecule has 5 rings (SSSR count). The van der Waals surface area contributed by atoms with Gasteiger partial charge in [-0.25, -0.2) is 9.78 Å². The van der Waals surface area contributed by atoms with E-state index in [0.717, 1.165) is 29.5 Å². The summed E-state index contributed by atoms with van der Waals surface area (Å²) >= 11 is 0. The molecule has 1 aromatic carbocycles. The fourth-order valence-corrected chi connectivity index (χ4v) is 4.26. The molecule has 1 saturated heterocycles. The van der Waals surface area contributed by atoms with Gasteiger partial charge in [-0.15, -0.1) is 10.2 Å². The molecule has 0 spiro atoms. The number of aromatic amines is 1. The number of H-pyrrole nitrogens is 1. The number of anilines is 1. The molecule has 0 unspecified atom stereocenters. The van der Waals surface area contributed by atoms with Gasteiger partial charge >= 0.3 is 6.09 Å². The number of hydrogen-bond donors (Lipinski definition) is 2. The Hall–Kier alpha value is -4.21. The standard InChI is InChI=1S/C26H30N8O2/c1-26(2,3)36-25(35)33-11-9-20(10-12-33)34-16-19(15-29-34)18-13-21(22(27)28-14-18)24-30-23(31-32-24)17-7-5-4-6-8-17/h4-8,13-16,20H,9-12H2,1-3H3,(H2,27,28)(H,30,31,32). The summed E-state index contributed by atoms with van der Waals surface area (Å²) in [5.74, 6) is 1.60. The summed E-state index contributed by atoms with van der Waals surface area (Å²) in [6.45, 7) is 6.91. The Morgan fingerprint density at radius 2 is 1.75 bits per heavy atom. The van der Waals surface area contributed by atoms with Crippen LogP contribution in [0.2, 0.25) is 0 Å². The number of amides is 1. The van der Waals surface area contributed by atoms with Gasteiger partial charge in [0, 0.05) is 42.2 Å². The van der Waals surface area contributed by atoms with Crippen molar-refractivity contribution in [2.75, 3.05) is 18.8 Å². The van der Waals surface area contributed by atoms with Crippen LogP contribution in [0.3, 0.4) is 0 Å². The highest BCUT2D eigenvalue weighted by molar-refractivity contribution is 5.76. The van der Waals surface area contributed by atoms with Crippen LogP contribution >= 0.6 is 0 Å². The van der Waals surface area contributed by atoms with Crippen LogP contribution in [0.5, 0.6) is 0 Å². The van der Waals surface area contributed by atoms with Crippen LogP contribution in [0.15, 0.2) is 55.0 Å². The third-order valence-corrected chi connectivity index (χ3v) is 6.13. The monoisotopic (exact) mass is 486 g/mol. The number of aromatic nitrogens is 6. The zero-order valence-electron chi connectivity index (χ0n) is 20.7. The van der Waals surface area contributed by atoms with E-state index in [2.05, 4.69) is 25.3 Å². The van der Waals surface area contributed by atoms with Crippen LogP contribution < -0.4 is 5.73 Å². The number of hydrogen-bond acceptors (Lipinski definition) is 7. The highest BCUT2D eigenvalue weighted by Gasteiger charge is 2.28. The van der Waals surface area contributed by atoms with Gasteiger partial charge in [0.2, 0.25) is 0 Å². The molecule has 1 amide bonds. The normalized spacial score (nSPS) is 14.7. The average molecular weight is 487 g/mol. The number of likely N-dealkylation sites (tertiary alicyclic amines) is 1. The Bertz CT molecular complexity index is 1350. The number of benzene rings is 1. The first-order chi connectivity index (χ1) is 17.3. The minimum atomic E-state index is -0.494. The molecule has 10 heteroatoms. The predicted molar refractivity (Wildman–Crippen MR) is 137 cm³/mol. The Labute approximate surface area is 209 Å². The highest BCUT2D eigenvalue weighted by Crippen LogP contribution is 2.30. The zero-order valence-corrected chi connectivity index (χ0v) is 20.7. The van der Waals surface area contributed by atoms with E-state index in [1.165, 1.54) is 0 Å². The quantitative estimate of drug-likeness (QED) is 0.433. The molecule has 4 aromatic rings. The van der Waals surface area contributed by atoms with Gasteiger partial charge in [0.25, 0.3) is 0 Å². The van der Waals surface area contributed by atoms with Gasteiger partial charge in [0.15, 0.2) is 11.6 Å². The average Bonchev–Trinajstić information content (AvgIpc) is 3.55. The van der Waals surface area contributed by atoms with E-state index < -0.39 is 5.60 Å². The summed E-state index contributed by atoms with van der Waals surface area (Å²) in [5.41, 5.74) is 9.13. The van der Waals surface area contributed by atoms with E-state index >= 15 is 0 Å². The van der Waals surface area contributed by atoms with Crippen molar-refractivity contribution in [3.05, 3.63) is 55.0 Å². The number of ether oxygens (including phenoxy) is 1. The summed E-state index contributed by atoms with van der Waals surface area (Å²) in [4.78, 5) is 21.8. The second-order valence-electron chi connectivity index (χ2n) is 9.95. The Morgan fingerprint density at radius 1 is 1.03 bits per heavy atom. The van der Waals surface area contributed by atoms with Crippen molar-refractivity contribution in [1.29, 1.82) is 0 Å². The minimum absolute atomic E-state index is 0.210. The Balaban J connectivity index is 1.30. The number of nitrogen functional groups attached to an aromatic ring is 1. The first-order valence-electron chi connectivity index (χ1n) is 12.0. The van der Waals surface area contributed by atoms with Gasteiger partial charge in [-0.05, 0) is 39.7 Å². The fourth-order valence-electron chi connectivity index (χ4n) is 4.26. The molecule has 1 aliphatic heterocycles. The minimum Gasteiger partial charge on any atom is -0.444 e. The SMILES string of the molecule is CC(C)(C)OC(=O)N1CCC(n2cc(-c3cnc(N)c(-c4nnc(-c5ccccc5)[nH]4)c3)cn2)CC1. The molecule has 4 heterocycles. The van der Waals surface area contributed by atoms with Crippen LogP contribution in [0, 0.1) is 0 Å². The predicted octanol–water partition coefficient (Wildman–Crippen LogP) is 4.55. The van der Waals surface area contributed by atoms with E-state index in [1.54, 1.807) is 11.1 Å². The van der Waals surface area contributed by atoms with E-state index in [0.29, 0.717) is 36.1 Å². The zero-order chi connectivity index (χ0) is 25.3. The van der Waals surface area contributed by atoms with Gasteiger partial charge < -0.3 is 20.4 Å². The molecule has 0 radical (unpaired) electrons. The molecule has 0 atom stereocenters. The number of nitrogens with zero attached hydrogens (tertiary/aromatic N) is 6. The van der Waals surface area contributed by atoms with Gasteiger partial charge in [-0.2, -0.15) is 5.10 Å². The number of carbonyl (C=O) groups excluding carboxylic acids is 1. The van der Waals surface area contributed by atoms with E-state index in [4.69, 9.17) is 10.5 Å². The summed E-state index contributed by atoms with van der Waals surface area (Å²) in [6.07, 6.45) is 6.94. The number of piperidine rings is 1. The second-order valence-corrected chi connectivity index (χ2v) is 9.95. The topological polar surface area (TPSA) is 128 Å². The van der Waals surface area contributed by atoms with Gasteiger partial charge in [-0.3, -0.25) is 4.68 Å². The van der Waals surface area contributed by atoms with Crippen LogP contribution in [-0.2, 0) is 4.74 Å². The van der Waals surface area contributed by atoms with Crippen molar-refractivity contribution >= 4 is 11.9 Å². The third-order valence-electron chi connectivity index (χ3n) is 6.13. The van der Waals surface area contributed by atoms with Crippen molar-refractivity contribution in [1.82, 2.24) is 34.8 Å². The van der Waals surface area contributed by atoms with Crippen molar-refractivity contribution in [2.45, 2.75) is 45.3 Å². The van der Waals surface area contributed by atoms with E-state index in [-0.39, 0.29) is 12.1 Å². The highest BCUT2D eigenvalue weighted by atomic mass is 16.6.